The Morgan fingerprint density at radius 3 is 2.67 bits per heavy atom. The van der Waals surface area contributed by atoms with Gasteiger partial charge in [-0.3, -0.25) is 4.79 Å². The highest BCUT2D eigenvalue weighted by molar-refractivity contribution is 6.01. The zero-order valence-corrected chi connectivity index (χ0v) is 9.10. The highest BCUT2D eigenvalue weighted by Crippen LogP contribution is 2.18. The highest BCUT2D eigenvalue weighted by Gasteiger charge is 2.23. The van der Waals surface area contributed by atoms with Gasteiger partial charge in [0, 0.05) is 18.7 Å². The van der Waals surface area contributed by atoms with Gasteiger partial charge in [0.05, 0.1) is 5.56 Å². The topological polar surface area (TPSA) is 82.0 Å². The van der Waals surface area contributed by atoms with E-state index in [4.69, 9.17) is 11.5 Å². The minimum Gasteiger partial charge on any atom is -0.383 e. The van der Waals surface area contributed by atoms with Crippen molar-refractivity contribution in [3.63, 3.8) is 0 Å². The number of ketones is 1. The summed E-state index contributed by atoms with van der Waals surface area (Å²) in [6, 6.07) is 3.40. The molecule has 0 amide bonds. The molecule has 0 aliphatic carbocycles. The molecule has 0 aliphatic heterocycles. The molecule has 0 aromatic carbocycles. The molecule has 4 heteroatoms. The molecule has 0 spiro atoms. The van der Waals surface area contributed by atoms with Crippen LogP contribution in [0.2, 0.25) is 0 Å². The molecule has 4 N–H and O–H groups in total. The van der Waals surface area contributed by atoms with Gasteiger partial charge >= 0.3 is 0 Å². The molecule has 82 valence electrons. The second-order valence-corrected chi connectivity index (χ2v) is 3.89. The van der Waals surface area contributed by atoms with Gasteiger partial charge in [-0.15, -0.1) is 0 Å². The normalized spacial score (nSPS) is 12.8. The zero-order chi connectivity index (χ0) is 11.4. The van der Waals surface area contributed by atoms with E-state index >= 15 is 0 Å². The Labute approximate surface area is 89.7 Å². The van der Waals surface area contributed by atoms with Crippen LogP contribution in [0.3, 0.4) is 0 Å². The number of pyridine rings is 1. The van der Waals surface area contributed by atoms with Gasteiger partial charge in [0.2, 0.25) is 0 Å². The summed E-state index contributed by atoms with van der Waals surface area (Å²) in [6.07, 6.45) is 1.57. The van der Waals surface area contributed by atoms with Crippen LogP contribution < -0.4 is 11.5 Å². The molecule has 1 rings (SSSR count). The SMILES string of the molecule is CC(C)C(CN)C(=O)c1cccnc1N. The third-order valence-electron chi connectivity index (χ3n) is 2.50. The van der Waals surface area contributed by atoms with Crippen LogP contribution in [0.1, 0.15) is 24.2 Å². The van der Waals surface area contributed by atoms with Crippen molar-refractivity contribution in [1.82, 2.24) is 4.98 Å². The molecule has 4 nitrogen and oxygen atoms in total. The number of rotatable bonds is 4. The first-order valence-corrected chi connectivity index (χ1v) is 5.02. The average molecular weight is 207 g/mol. The third kappa shape index (κ3) is 2.53. The molecule has 1 atom stereocenters. The Bertz CT molecular complexity index is 349. The van der Waals surface area contributed by atoms with E-state index in [0.29, 0.717) is 12.1 Å². The zero-order valence-electron chi connectivity index (χ0n) is 9.10. The largest absolute Gasteiger partial charge is 0.383 e. The molecule has 1 aromatic rings. The minimum atomic E-state index is -0.184. The Hall–Kier alpha value is -1.42. The predicted molar refractivity (Wildman–Crippen MR) is 60.4 cm³/mol. The summed E-state index contributed by atoms with van der Waals surface area (Å²) in [5.41, 5.74) is 11.7. The second-order valence-electron chi connectivity index (χ2n) is 3.89. The molecule has 0 fully saturated rings. The van der Waals surface area contributed by atoms with Gasteiger partial charge < -0.3 is 11.5 Å². The number of Topliss-reactive ketones (excluding diaryl/α,β-unsaturated/α-hetero) is 1. The molecule has 0 aliphatic rings. The highest BCUT2D eigenvalue weighted by atomic mass is 16.1. The van der Waals surface area contributed by atoms with Crippen LogP contribution in [0.25, 0.3) is 0 Å². The lowest BCUT2D eigenvalue weighted by Crippen LogP contribution is -2.29. The molecule has 0 bridgehead atoms. The van der Waals surface area contributed by atoms with E-state index < -0.39 is 0 Å². The fraction of sp³-hybridized carbons (Fsp3) is 0.455. The number of nitrogens with zero attached hydrogens (tertiary/aromatic N) is 1. The quantitative estimate of drug-likeness (QED) is 0.724. The molecule has 15 heavy (non-hydrogen) atoms. The number of hydrogen-bond donors (Lipinski definition) is 2. The molecule has 1 unspecified atom stereocenters. The summed E-state index contributed by atoms with van der Waals surface area (Å²) >= 11 is 0. The van der Waals surface area contributed by atoms with Crippen molar-refractivity contribution < 1.29 is 4.79 Å². The summed E-state index contributed by atoms with van der Waals surface area (Å²) < 4.78 is 0. The van der Waals surface area contributed by atoms with Crippen molar-refractivity contribution in [2.24, 2.45) is 17.6 Å². The fourth-order valence-corrected chi connectivity index (χ4v) is 1.51. The molecule has 0 saturated carbocycles. The van der Waals surface area contributed by atoms with Crippen molar-refractivity contribution in [1.29, 1.82) is 0 Å². The van der Waals surface area contributed by atoms with E-state index in [2.05, 4.69) is 4.98 Å². The minimum absolute atomic E-state index is 0.0156. The Morgan fingerprint density at radius 2 is 2.20 bits per heavy atom. The van der Waals surface area contributed by atoms with Crippen LogP contribution >= 0.6 is 0 Å². The lowest BCUT2D eigenvalue weighted by Gasteiger charge is -2.17. The monoisotopic (exact) mass is 207 g/mol. The Kier molecular flexibility index (Phi) is 3.80. The standard InChI is InChI=1S/C11H17N3O/c1-7(2)9(6-12)10(15)8-4-3-5-14-11(8)13/h3-5,7,9H,6,12H2,1-2H3,(H2,13,14). The van der Waals surface area contributed by atoms with E-state index in [9.17, 15) is 4.79 Å². The van der Waals surface area contributed by atoms with E-state index in [1.807, 2.05) is 13.8 Å². The lowest BCUT2D eigenvalue weighted by atomic mass is 9.88. The smallest absolute Gasteiger partial charge is 0.171 e. The summed E-state index contributed by atoms with van der Waals surface area (Å²) in [7, 11) is 0. The Morgan fingerprint density at radius 1 is 1.53 bits per heavy atom. The van der Waals surface area contributed by atoms with E-state index in [1.165, 1.54) is 0 Å². The molecular formula is C11H17N3O. The summed E-state index contributed by atoms with van der Waals surface area (Å²) in [4.78, 5) is 15.9. The van der Waals surface area contributed by atoms with E-state index in [1.54, 1.807) is 18.3 Å². The number of anilines is 1. The molecular weight excluding hydrogens is 190 g/mol. The number of aromatic nitrogens is 1. The maximum absolute atomic E-state index is 12.0. The van der Waals surface area contributed by atoms with Crippen LogP contribution in [-0.4, -0.2) is 17.3 Å². The number of hydrogen-bond acceptors (Lipinski definition) is 4. The number of nitrogen functional groups attached to an aromatic ring is 1. The Balaban J connectivity index is 2.98. The van der Waals surface area contributed by atoms with E-state index in [-0.39, 0.29) is 23.4 Å². The van der Waals surface area contributed by atoms with Crippen LogP contribution in [-0.2, 0) is 0 Å². The van der Waals surface area contributed by atoms with Crippen LogP contribution in [0.5, 0.6) is 0 Å². The van der Waals surface area contributed by atoms with Crippen LogP contribution in [0, 0.1) is 11.8 Å². The van der Waals surface area contributed by atoms with Gasteiger partial charge in [0.15, 0.2) is 5.78 Å². The molecule has 0 saturated heterocycles. The second kappa shape index (κ2) is 4.89. The fourth-order valence-electron chi connectivity index (χ4n) is 1.51. The van der Waals surface area contributed by atoms with Gasteiger partial charge in [-0.2, -0.15) is 0 Å². The van der Waals surface area contributed by atoms with Gasteiger partial charge in [-0.05, 0) is 18.1 Å². The van der Waals surface area contributed by atoms with Crippen molar-refractivity contribution in [2.45, 2.75) is 13.8 Å². The summed E-state index contributed by atoms with van der Waals surface area (Å²) in [6.45, 7) is 4.29. The number of carbonyl (C=O) groups excluding carboxylic acids is 1. The van der Waals surface area contributed by atoms with Crippen molar-refractivity contribution >= 4 is 11.6 Å². The first-order valence-electron chi connectivity index (χ1n) is 5.02. The van der Waals surface area contributed by atoms with E-state index in [0.717, 1.165) is 0 Å². The van der Waals surface area contributed by atoms with Crippen LogP contribution in [0.15, 0.2) is 18.3 Å². The first kappa shape index (κ1) is 11.7. The van der Waals surface area contributed by atoms with Gasteiger partial charge in [-0.25, -0.2) is 4.98 Å². The first-order chi connectivity index (χ1) is 7.07. The third-order valence-corrected chi connectivity index (χ3v) is 2.50. The maximum atomic E-state index is 12.0. The molecule has 1 aromatic heterocycles. The van der Waals surface area contributed by atoms with Crippen molar-refractivity contribution in [3.8, 4) is 0 Å². The lowest BCUT2D eigenvalue weighted by molar-refractivity contribution is 0.0893. The number of carbonyl (C=O) groups is 1. The van der Waals surface area contributed by atoms with Gasteiger partial charge in [-0.1, -0.05) is 13.8 Å². The molecule has 0 radical (unpaired) electrons. The summed E-state index contributed by atoms with van der Waals surface area (Å²) in [5, 5.41) is 0. The average Bonchev–Trinajstić information content (AvgIpc) is 2.18. The van der Waals surface area contributed by atoms with Gasteiger partial charge in [0.25, 0.3) is 0 Å². The summed E-state index contributed by atoms with van der Waals surface area (Å²) in [5.74, 6) is 0.290. The number of nitrogens with two attached hydrogens (primary N) is 2. The van der Waals surface area contributed by atoms with Gasteiger partial charge in [0.1, 0.15) is 5.82 Å². The van der Waals surface area contributed by atoms with Crippen molar-refractivity contribution in [2.75, 3.05) is 12.3 Å². The van der Waals surface area contributed by atoms with Crippen molar-refractivity contribution in [3.05, 3.63) is 23.9 Å². The predicted octanol–water partition coefficient (Wildman–Crippen LogP) is 1.08. The maximum Gasteiger partial charge on any atom is 0.171 e. The molecule has 1 heterocycles. The van der Waals surface area contributed by atoms with Crippen LogP contribution in [0.4, 0.5) is 5.82 Å².